The smallest absolute Gasteiger partial charge is 0.244 e. The molecule has 0 spiro atoms. The zero-order chi connectivity index (χ0) is 25.8. The molecule has 0 radical (unpaired) electrons. The Morgan fingerprint density at radius 3 is 2.26 bits per heavy atom. The molecule has 0 aliphatic heterocycles. The standard InChI is InChI=1S/C23H28BrCl2N3O4S/c1-15(22(31)27-23(2,3)4)28(13-16-7-6-8-17(24)11-16)21(30)14-29(34(5,32)33)18-9-10-19(25)20(26)12-18/h6-12,15H,13-14H2,1-5H3,(H,27,31)/t15-/m1/s1. The van der Waals surface area contributed by atoms with E-state index in [1.165, 1.54) is 23.1 Å². The van der Waals surface area contributed by atoms with E-state index in [1.54, 1.807) is 6.92 Å². The number of carbonyl (C=O) groups excluding carboxylic acids is 2. The Morgan fingerprint density at radius 2 is 1.74 bits per heavy atom. The fourth-order valence-corrected chi connectivity index (χ4v) is 4.72. The zero-order valence-electron chi connectivity index (χ0n) is 19.6. The van der Waals surface area contributed by atoms with E-state index >= 15 is 0 Å². The number of hydrogen-bond donors (Lipinski definition) is 1. The number of nitrogens with one attached hydrogen (secondary N) is 1. The molecule has 1 atom stereocenters. The van der Waals surface area contributed by atoms with Crippen molar-refractivity contribution in [1.29, 1.82) is 0 Å². The Kier molecular flexibility index (Phi) is 9.44. The van der Waals surface area contributed by atoms with Crippen LogP contribution in [0.3, 0.4) is 0 Å². The molecule has 2 amide bonds. The number of hydrogen-bond acceptors (Lipinski definition) is 4. The highest BCUT2D eigenvalue weighted by Crippen LogP contribution is 2.28. The van der Waals surface area contributed by atoms with Crippen molar-refractivity contribution >= 4 is 66.7 Å². The van der Waals surface area contributed by atoms with Gasteiger partial charge < -0.3 is 10.2 Å². The summed E-state index contributed by atoms with van der Waals surface area (Å²) in [5.41, 5.74) is 0.465. The predicted octanol–water partition coefficient (Wildman–Crippen LogP) is 4.85. The molecule has 0 saturated carbocycles. The monoisotopic (exact) mass is 591 g/mol. The van der Waals surface area contributed by atoms with Crippen LogP contribution in [-0.2, 0) is 26.2 Å². The van der Waals surface area contributed by atoms with Crippen molar-refractivity contribution in [2.45, 2.75) is 45.8 Å². The Hall–Kier alpha value is -1.81. The maximum absolute atomic E-state index is 13.5. The zero-order valence-corrected chi connectivity index (χ0v) is 23.5. The van der Waals surface area contributed by atoms with Gasteiger partial charge in [0, 0.05) is 16.6 Å². The number of halogens is 3. The molecule has 0 heterocycles. The van der Waals surface area contributed by atoms with Gasteiger partial charge in [-0.1, -0.05) is 51.3 Å². The van der Waals surface area contributed by atoms with E-state index in [1.807, 2.05) is 45.0 Å². The molecular formula is C23H28BrCl2N3O4S. The number of carbonyl (C=O) groups is 2. The molecule has 2 rings (SSSR count). The summed E-state index contributed by atoms with van der Waals surface area (Å²) in [4.78, 5) is 27.8. The van der Waals surface area contributed by atoms with Crippen LogP contribution in [0.15, 0.2) is 46.9 Å². The molecule has 11 heteroatoms. The van der Waals surface area contributed by atoms with E-state index in [0.717, 1.165) is 20.6 Å². The van der Waals surface area contributed by atoms with E-state index in [9.17, 15) is 18.0 Å². The van der Waals surface area contributed by atoms with E-state index in [4.69, 9.17) is 23.2 Å². The number of rotatable bonds is 8. The lowest BCUT2D eigenvalue weighted by Gasteiger charge is -2.33. The van der Waals surface area contributed by atoms with Gasteiger partial charge in [0.2, 0.25) is 21.8 Å². The molecule has 2 aromatic carbocycles. The van der Waals surface area contributed by atoms with Crippen LogP contribution in [0.1, 0.15) is 33.3 Å². The molecular weight excluding hydrogens is 565 g/mol. The summed E-state index contributed by atoms with van der Waals surface area (Å²) < 4.78 is 26.9. The van der Waals surface area contributed by atoms with E-state index in [-0.39, 0.29) is 28.2 Å². The van der Waals surface area contributed by atoms with Gasteiger partial charge >= 0.3 is 0 Å². The highest BCUT2D eigenvalue weighted by atomic mass is 79.9. The van der Waals surface area contributed by atoms with Gasteiger partial charge in [-0.15, -0.1) is 0 Å². The lowest BCUT2D eigenvalue weighted by molar-refractivity contribution is -0.140. The summed E-state index contributed by atoms with van der Waals surface area (Å²) in [6.45, 7) is 6.73. The third kappa shape index (κ3) is 8.15. The van der Waals surface area contributed by atoms with Crippen molar-refractivity contribution < 1.29 is 18.0 Å². The minimum atomic E-state index is -3.85. The number of amides is 2. The third-order valence-corrected chi connectivity index (χ3v) is 7.15. The highest BCUT2D eigenvalue weighted by molar-refractivity contribution is 9.10. The van der Waals surface area contributed by atoms with Crippen LogP contribution < -0.4 is 9.62 Å². The van der Waals surface area contributed by atoms with Crippen molar-refractivity contribution in [3.63, 3.8) is 0 Å². The van der Waals surface area contributed by atoms with Crippen LogP contribution in [0.25, 0.3) is 0 Å². The molecule has 7 nitrogen and oxygen atoms in total. The number of nitrogens with zero attached hydrogens (tertiary/aromatic N) is 2. The van der Waals surface area contributed by atoms with Gasteiger partial charge in [0.25, 0.3) is 0 Å². The molecule has 34 heavy (non-hydrogen) atoms. The van der Waals surface area contributed by atoms with Crippen LogP contribution in [0.4, 0.5) is 5.69 Å². The predicted molar refractivity (Wildman–Crippen MR) is 141 cm³/mol. The Labute approximate surface area is 219 Å². The molecule has 0 fully saturated rings. The Morgan fingerprint density at radius 1 is 1.09 bits per heavy atom. The molecule has 2 aromatic rings. The van der Waals surface area contributed by atoms with Crippen LogP contribution in [0, 0.1) is 0 Å². The summed E-state index contributed by atoms with van der Waals surface area (Å²) in [6.07, 6.45) is 0.997. The molecule has 1 N–H and O–H groups in total. The van der Waals surface area contributed by atoms with Crippen LogP contribution in [0.5, 0.6) is 0 Å². The first-order valence-corrected chi connectivity index (χ1v) is 13.8. The highest BCUT2D eigenvalue weighted by Gasteiger charge is 2.31. The molecule has 0 aromatic heterocycles. The minimum Gasteiger partial charge on any atom is -0.350 e. The fraction of sp³-hybridized carbons (Fsp3) is 0.391. The first-order chi connectivity index (χ1) is 15.6. The maximum Gasteiger partial charge on any atom is 0.244 e. The second kappa shape index (κ2) is 11.3. The van der Waals surface area contributed by atoms with E-state index < -0.39 is 34.1 Å². The van der Waals surface area contributed by atoms with Crippen molar-refractivity contribution in [2.75, 3.05) is 17.1 Å². The first kappa shape index (κ1) is 28.4. The number of anilines is 1. The quantitative estimate of drug-likeness (QED) is 0.474. The van der Waals surface area contributed by atoms with Gasteiger partial charge in [-0.05, 0) is 63.6 Å². The molecule has 0 saturated heterocycles. The lowest BCUT2D eigenvalue weighted by atomic mass is 10.1. The third-order valence-electron chi connectivity index (χ3n) is 4.78. The average Bonchev–Trinajstić information content (AvgIpc) is 2.69. The van der Waals surface area contributed by atoms with Crippen molar-refractivity contribution in [1.82, 2.24) is 10.2 Å². The Bertz CT molecular complexity index is 1170. The molecule has 186 valence electrons. The average molecular weight is 593 g/mol. The fourth-order valence-electron chi connectivity index (χ4n) is 3.14. The molecule has 0 unspecified atom stereocenters. The topological polar surface area (TPSA) is 86.8 Å². The molecule has 0 aliphatic carbocycles. The Balaban J connectivity index is 2.43. The molecule has 0 bridgehead atoms. The van der Waals surface area contributed by atoms with Gasteiger partial charge in [-0.2, -0.15) is 0 Å². The van der Waals surface area contributed by atoms with Gasteiger partial charge in [-0.25, -0.2) is 8.42 Å². The van der Waals surface area contributed by atoms with Crippen LogP contribution >= 0.6 is 39.1 Å². The van der Waals surface area contributed by atoms with Crippen LogP contribution in [-0.4, -0.2) is 49.5 Å². The number of benzene rings is 2. The second-order valence-electron chi connectivity index (χ2n) is 8.93. The molecule has 0 aliphatic rings. The summed E-state index contributed by atoms with van der Waals surface area (Å²) in [6, 6.07) is 10.8. The lowest BCUT2D eigenvalue weighted by Crippen LogP contribution is -2.54. The summed E-state index contributed by atoms with van der Waals surface area (Å²) in [5, 5.41) is 3.29. The summed E-state index contributed by atoms with van der Waals surface area (Å²) >= 11 is 15.5. The van der Waals surface area contributed by atoms with E-state index in [2.05, 4.69) is 21.2 Å². The summed E-state index contributed by atoms with van der Waals surface area (Å²) in [5.74, 6) is -0.899. The van der Waals surface area contributed by atoms with E-state index in [0.29, 0.717) is 0 Å². The maximum atomic E-state index is 13.5. The first-order valence-electron chi connectivity index (χ1n) is 10.4. The summed E-state index contributed by atoms with van der Waals surface area (Å²) in [7, 11) is -3.85. The van der Waals surface area contributed by atoms with Gasteiger partial charge in [0.05, 0.1) is 22.0 Å². The van der Waals surface area contributed by atoms with Crippen LogP contribution in [0.2, 0.25) is 10.0 Å². The second-order valence-corrected chi connectivity index (χ2v) is 12.6. The van der Waals surface area contributed by atoms with Crippen molar-refractivity contribution in [3.8, 4) is 0 Å². The van der Waals surface area contributed by atoms with Gasteiger partial charge in [0.1, 0.15) is 12.6 Å². The number of sulfonamides is 1. The van der Waals surface area contributed by atoms with Gasteiger partial charge in [0.15, 0.2) is 0 Å². The normalized spacial score (nSPS) is 12.7. The van der Waals surface area contributed by atoms with Crippen molar-refractivity contribution in [2.24, 2.45) is 0 Å². The SMILES string of the molecule is C[C@H](C(=O)NC(C)(C)C)N(Cc1cccc(Br)c1)C(=O)CN(c1ccc(Cl)c(Cl)c1)S(C)(=O)=O. The van der Waals surface area contributed by atoms with Gasteiger partial charge in [-0.3, -0.25) is 13.9 Å². The minimum absolute atomic E-state index is 0.107. The van der Waals surface area contributed by atoms with Crippen molar-refractivity contribution in [3.05, 3.63) is 62.5 Å². The largest absolute Gasteiger partial charge is 0.350 e.